The zero-order valence-electron chi connectivity index (χ0n) is 15.8. The fourth-order valence-corrected chi connectivity index (χ4v) is 4.48. The van der Waals surface area contributed by atoms with Crippen LogP contribution >= 0.6 is 11.3 Å². The molecule has 1 saturated heterocycles. The molecule has 0 bridgehead atoms. The van der Waals surface area contributed by atoms with Gasteiger partial charge in [0.15, 0.2) is 11.5 Å². The Morgan fingerprint density at radius 3 is 3.07 bits per heavy atom. The van der Waals surface area contributed by atoms with Gasteiger partial charge in [0.1, 0.15) is 5.76 Å². The molecule has 2 aliphatic heterocycles. The van der Waals surface area contributed by atoms with Crippen molar-refractivity contribution in [2.45, 2.75) is 32.4 Å². The predicted octanol–water partition coefficient (Wildman–Crippen LogP) is 4.52. The Balaban J connectivity index is 1.24. The molecule has 0 aliphatic carbocycles. The van der Waals surface area contributed by atoms with E-state index in [-0.39, 0.29) is 0 Å². The van der Waals surface area contributed by atoms with E-state index in [4.69, 9.17) is 18.9 Å². The lowest BCUT2D eigenvalue weighted by atomic mass is 10.0. The number of nitrogens with one attached hydrogen (secondary N) is 1. The molecule has 1 atom stereocenters. The molecule has 1 aromatic carbocycles. The van der Waals surface area contributed by atoms with Gasteiger partial charge in [-0.15, -0.1) is 11.3 Å². The number of benzene rings is 1. The smallest absolute Gasteiger partial charge is 0.236 e. The SMILES string of the molecule is Cc1oc(-c2cccs2)nc1CN1CCCC(Nc2ccc3c(c2)OCO3)C1. The lowest BCUT2D eigenvalue weighted by Gasteiger charge is -2.33. The van der Waals surface area contributed by atoms with Crippen LogP contribution in [0.1, 0.15) is 24.3 Å². The Hall–Kier alpha value is -2.51. The van der Waals surface area contributed by atoms with Crippen molar-refractivity contribution < 1.29 is 13.9 Å². The van der Waals surface area contributed by atoms with Crippen LogP contribution in [0, 0.1) is 6.92 Å². The zero-order chi connectivity index (χ0) is 18.9. The molecule has 0 spiro atoms. The van der Waals surface area contributed by atoms with Crippen LogP contribution in [0.2, 0.25) is 0 Å². The van der Waals surface area contributed by atoms with Gasteiger partial charge in [0.2, 0.25) is 12.7 Å². The molecule has 0 saturated carbocycles. The van der Waals surface area contributed by atoms with Crippen molar-refractivity contribution in [2.75, 3.05) is 25.2 Å². The lowest BCUT2D eigenvalue weighted by Crippen LogP contribution is -2.41. The summed E-state index contributed by atoms with van der Waals surface area (Å²) in [6.45, 7) is 5.20. The van der Waals surface area contributed by atoms with E-state index in [1.54, 1.807) is 11.3 Å². The number of aromatic nitrogens is 1. The standard InChI is InChI=1S/C21H23N3O3S/c1-14-17(23-21(27-14)20-5-3-9-28-20)12-24-8-2-4-16(11-24)22-15-6-7-18-19(10-15)26-13-25-18/h3,5-7,9-10,16,22H,2,4,8,11-13H2,1H3. The maximum atomic E-state index is 5.90. The van der Waals surface area contributed by atoms with Crippen LogP contribution in [-0.4, -0.2) is 35.8 Å². The average molecular weight is 398 g/mol. The van der Waals surface area contributed by atoms with Gasteiger partial charge < -0.3 is 19.2 Å². The first-order chi connectivity index (χ1) is 13.7. The molecule has 2 aliphatic rings. The van der Waals surface area contributed by atoms with Crippen molar-refractivity contribution in [1.82, 2.24) is 9.88 Å². The van der Waals surface area contributed by atoms with E-state index in [1.807, 2.05) is 36.6 Å². The number of nitrogens with zero attached hydrogens (tertiary/aromatic N) is 2. The highest BCUT2D eigenvalue weighted by atomic mass is 32.1. The number of piperidine rings is 1. The van der Waals surface area contributed by atoms with Gasteiger partial charge in [-0.05, 0) is 49.9 Å². The van der Waals surface area contributed by atoms with Gasteiger partial charge in [-0.1, -0.05) is 6.07 Å². The largest absolute Gasteiger partial charge is 0.454 e. The zero-order valence-corrected chi connectivity index (χ0v) is 16.6. The minimum atomic E-state index is 0.306. The first-order valence-electron chi connectivity index (χ1n) is 9.63. The summed E-state index contributed by atoms with van der Waals surface area (Å²) in [7, 11) is 0. The molecule has 28 heavy (non-hydrogen) atoms. The molecule has 1 N–H and O–H groups in total. The second-order valence-corrected chi connectivity index (χ2v) is 8.23. The second-order valence-electron chi connectivity index (χ2n) is 7.29. The maximum absolute atomic E-state index is 5.90. The van der Waals surface area contributed by atoms with Gasteiger partial charge in [0.05, 0.1) is 10.6 Å². The van der Waals surface area contributed by atoms with Gasteiger partial charge in [-0.25, -0.2) is 4.98 Å². The third-order valence-corrected chi connectivity index (χ3v) is 6.10. The van der Waals surface area contributed by atoms with Crippen LogP contribution < -0.4 is 14.8 Å². The highest BCUT2D eigenvalue weighted by molar-refractivity contribution is 7.13. The quantitative estimate of drug-likeness (QED) is 0.683. The number of anilines is 1. The van der Waals surface area contributed by atoms with Crippen molar-refractivity contribution >= 4 is 17.0 Å². The number of likely N-dealkylation sites (tertiary alicyclic amines) is 1. The molecule has 5 rings (SSSR count). The molecule has 7 heteroatoms. The Bertz CT molecular complexity index is 954. The van der Waals surface area contributed by atoms with E-state index in [0.717, 1.165) is 71.9 Å². The number of fused-ring (bicyclic) bond motifs is 1. The fourth-order valence-electron chi connectivity index (χ4n) is 3.83. The summed E-state index contributed by atoms with van der Waals surface area (Å²) in [4.78, 5) is 8.28. The van der Waals surface area contributed by atoms with Gasteiger partial charge in [-0.2, -0.15) is 0 Å². The minimum Gasteiger partial charge on any atom is -0.454 e. The topological polar surface area (TPSA) is 59.8 Å². The Kier molecular flexibility index (Phi) is 4.70. The van der Waals surface area contributed by atoms with Crippen LogP contribution in [-0.2, 0) is 6.54 Å². The van der Waals surface area contributed by atoms with Crippen molar-refractivity contribution in [3.63, 3.8) is 0 Å². The minimum absolute atomic E-state index is 0.306. The van der Waals surface area contributed by atoms with Crippen molar-refractivity contribution in [3.8, 4) is 22.3 Å². The van der Waals surface area contributed by atoms with Crippen molar-refractivity contribution in [3.05, 3.63) is 47.2 Å². The molecule has 0 amide bonds. The average Bonchev–Trinajstić information content (AvgIpc) is 3.43. The van der Waals surface area contributed by atoms with Crippen LogP contribution in [0.3, 0.4) is 0 Å². The highest BCUT2D eigenvalue weighted by Crippen LogP contribution is 2.35. The molecule has 0 radical (unpaired) electrons. The molecule has 4 heterocycles. The third-order valence-electron chi connectivity index (χ3n) is 5.25. The number of aryl methyl sites for hydroxylation is 1. The van der Waals surface area contributed by atoms with E-state index in [1.165, 1.54) is 0 Å². The van der Waals surface area contributed by atoms with Crippen LogP contribution in [0.5, 0.6) is 11.5 Å². The number of ether oxygens (including phenoxy) is 2. The van der Waals surface area contributed by atoms with E-state index >= 15 is 0 Å². The van der Waals surface area contributed by atoms with Crippen LogP contribution in [0.4, 0.5) is 5.69 Å². The number of hydrogen-bond donors (Lipinski definition) is 1. The number of oxazole rings is 1. The summed E-state index contributed by atoms with van der Waals surface area (Å²) in [5, 5.41) is 5.70. The molecular formula is C21H23N3O3S. The Morgan fingerprint density at radius 1 is 1.25 bits per heavy atom. The van der Waals surface area contributed by atoms with Crippen molar-refractivity contribution in [1.29, 1.82) is 0 Å². The summed E-state index contributed by atoms with van der Waals surface area (Å²) < 4.78 is 16.8. The van der Waals surface area contributed by atoms with Gasteiger partial charge in [0, 0.05) is 30.9 Å². The molecule has 3 aromatic rings. The molecule has 2 aromatic heterocycles. The number of hydrogen-bond acceptors (Lipinski definition) is 7. The van der Waals surface area contributed by atoms with Crippen molar-refractivity contribution in [2.24, 2.45) is 0 Å². The fraction of sp³-hybridized carbons (Fsp3) is 0.381. The summed E-state index contributed by atoms with van der Waals surface area (Å²) >= 11 is 1.66. The number of rotatable bonds is 5. The third kappa shape index (κ3) is 3.59. The normalized spacial score (nSPS) is 19.1. The summed E-state index contributed by atoms with van der Waals surface area (Å²) in [5.41, 5.74) is 2.11. The maximum Gasteiger partial charge on any atom is 0.236 e. The van der Waals surface area contributed by atoms with Gasteiger partial charge >= 0.3 is 0 Å². The molecule has 6 nitrogen and oxygen atoms in total. The molecule has 1 unspecified atom stereocenters. The van der Waals surface area contributed by atoms with Gasteiger partial charge in [0.25, 0.3) is 0 Å². The summed E-state index contributed by atoms with van der Waals surface area (Å²) in [5.74, 6) is 3.28. The van der Waals surface area contributed by atoms with E-state index in [9.17, 15) is 0 Å². The first-order valence-corrected chi connectivity index (χ1v) is 10.5. The Labute approximate surface area is 168 Å². The predicted molar refractivity (Wildman–Crippen MR) is 109 cm³/mol. The van der Waals surface area contributed by atoms with Crippen LogP contribution in [0.25, 0.3) is 10.8 Å². The van der Waals surface area contributed by atoms with E-state index < -0.39 is 0 Å². The summed E-state index contributed by atoms with van der Waals surface area (Å²) in [6.07, 6.45) is 2.32. The van der Waals surface area contributed by atoms with E-state index in [2.05, 4.69) is 16.3 Å². The highest BCUT2D eigenvalue weighted by Gasteiger charge is 2.23. The number of thiophene rings is 1. The summed E-state index contributed by atoms with van der Waals surface area (Å²) in [6, 6.07) is 10.5. The molecular weight excluding hydrogens is 374 g/mol. The molecule has 146 valence electrons. The van der Waals surface area contributed by atoms with Crippen LogP contribution in [0.15, 0.2) is 40.1 Å². The lowest BCUT2D eigenvalue weighted by molar-refractivity contribution is 0.174. The second kappa shape index (κ2) is 7.48. The molecule has 1 fully saturated rings. The van der Waals surface area contributed by atoms with E-state index in [0.29, 0.717) is 12.8 Å². The van der Waals surface area contributed by atoms with Gasteiger partial charge in [-0.3, -0.25) is 4.90 Å². The monoisotopic (exact) mass is 397 g/mol. The Morgan fingerprint density at radius 2 is 2.18 bits per heavy atom. The first kappa shape index (κ1) is 17.6.